The summed E-state index contributed by atoms with van der Waals surface area (Å²) >= 11 is 0. The van der Waals surface area contributed by atoms with E-state index in [0.29, 0.717) is 0 Å². The van der Waals surface area contributed by atoms with Crippen LogP contribution in [-0.4, -0.2) is 9.55 Å². The third-order valence-electron chi connectivity index (χ3n) is 3.96. The van der Waals surface area contributed by atoms with E-state index in [1.54, 1.807) is 0 Å². The van der Waals surface area contributed by atoms with Gasteiger partial charge in [-0.3, -0.25) is 6.08 Å². The van der Waals surface area contributed by atoms with Crippen LogP contribution in [0.2, 0.25) is 0 Å². The van der Waals surface area contributed by atoms with Gasteiger partial charge in [0.1, 0.15) is 0 Å². The average Bonchev–Trinajstić information content (AvgIpc) is 2.89. The summed E-state index contributed by atoms with van der Waals surface area (Å²) in [5, 5.41) is 0. The molecule has 0 aliphatic heterocycles. The molecular weight excluding hydrogens is 409 g/mol. The first kappa shape index (κ1) is 26.2. The maximum absolute atomic E-state index is 4.28. The van der Waals surface area contributed by atoms with Crippen LogP contribution in [0.4, 0.5) is 0 Å². The molecule has 1 unspecified atom stereocenters. The van der Waals surface area contributed by atoms with Gasteiger partial charge in [0.25, 0.3) is 0 Å². The fraction of sp³-hybridized carbons (Fsp3) is 0.421. The Morgan fingerprint density at radius 3 is 2.46 bits per heavy atom. The fourth-order valence-corrected chi connectivity index (χ4v) is 2.33. The molecule has 1 heterocycles. The van der Waals surface area contributed by atoms with Gasteiger partial charge >= 0.3 is 0 Å². The number of aromatic nitrogens is 2. The molecule has 2 nitrogen and oxygen atoms in total. The quantitative estimate of drug-likeness (QED) is 0.577. The van der Waals surface area contributed by atoms with Crippen LogP contribution in [0.15, 0.2) is 30.7 Å². The van der Waals surface area contributed by atoms with Crippen LogP contribution in [0.3, 0.4) is 0 Å². The molecule has 1 aromatic carbocycles. The van der Waals surface area contributed by atoms with Gasteiger partial charge in [0.05, 0.1) is 12.0 Å². The van der Waals surface area contributed by atoms with E-state index in [9.17, 15) is 0 Å². The number of rotatable bonds is 6. The van der Waals surface area contributed by atoms with Crippen LogP contribution in [0.1, 0.15) is 49.9 Å². The zero-order chi connectivity index (χ0) is 15.2. The van der Waals surface area contributed by atoms with E-state index in [2.05, 4.69) is 66.9 Å². The number of benzene rings is 1. The minimum absolute atomic E-state index is 0. The molecule has 1 aromatic heterocycles. The second-order valence-electron chi connectivity index (χ2n) is 5.87. The van der Waals surface area contributed by atoms with Gasteiger partial charge in [0, 0.05) is 67.6 Å². The maximum Gasteiger partial charge on any atom is 0.0995 e. The molecule has 1 atom stereocenters. The minimum Gasteiger partial charge on any atom is -0.306 e. The van der Waals surface area contributed by atoms with Crippen LogP contribution in [0, 0.1) is 25.8 Å². The van der Waals surface area contributed by atoms with Crippen molar-refractivity contribution in [1.82, 2.24) is 9.55 Å². The molecule has 0 aliphatic carbocycles. The van der Waals surface area contributed by atoms with Crippen molar-refractivity contribution in [1.29, 1.82) is 0 Å². The number of imidazole rings is 1. The number of allylic oxidation sites excluding steroid dienone is 1. The molecule has 0 N–H and O–H groups in total. The fourth-order valence-electron chi connectivity index (χ4n) is 2.33. The molecule has 0 spiro atoms. The first-order valence-corrected chi connectivity index (χ1v) is 7.78. The van der Waals surface area contributed by atoms with Gasteiger partial charge in [-0.15, -0.1) is 18.6 Å². The number of aryl methyl sites for hydroxylation is 2. The van der Waals surface area contributed by atoms with E-state index >= 15 is 0 Å². The maximum atomic E-state index is 4.28. The van der Waals surface area contributed by atoms with Crippen molar-refractivity contribution in [2.45, 2.75) is 47.0 Å². The molecule has 2 rings (SSSR count). The Hall–Kier alpha value is -0.0768. The van der Waals surface area contributed by atoms with E-state index < -0.39 is 0 Å². The first-order valence-electron chi connectivity index (χ1n) is 7.78. The second kappa shape index (κ2) is 13.2. The summed E-state index contributed by atoms with van der Waals surface area (Å²) in [6.45, 7) is 8.69. The van der Waals surface area contributed by atoms with Crippen LogP contribution < -0.4 is 0 Å². The van der Waals surface area contributed by atoms with Gasteiger partial charge in [-0.25, -0.2) is 11.1 Å². The Balaban J connectivity index is 0. The van der Waals surface area contributed by atoms with Crippen molar-refractivity contribution in [3.05, 3.63) is 53.6 Å². The molecule has 24 heavy (non-hydrogen) atoms. The Labute approximate surface area is 182 Å². The Morgan fingerprint density at radius 1 is 1.21 bits per heavy atom. The van der Waals surface area contributed by atoms with Crippen LogP contribution in [0.5, 0.6) is 0 Å². The molecule has 0 fully saturated rings. The van der Waals surface area contributed by atoms with E-state index in [1.807, 2.05) is 13.3 Å². The van der Waals surface area contributed by atoms with E-state index in [0.717, 1.165) is 18.0 Å². The Kier molecular flexibility index (Phi) is 14.4. The summed E-state index contributed by atoms with van der Waals surface area (Å²) < 4.78 is 2.07. The van der Waals surface area contributed by atoms with E-state index in [-0.39, 0.29) is 55.7 Å². The average molecular weight is 434 g/mol. The summed E-state index contributed by atoms with van der Waals surface area (Å²) in [5.74, 6) is 0.791. The van der Waals surface area contributed by atoms with Crippen molar-refractivity contribution < 1.29 is 55.7 Å². The molecular formula is C19H25N2V3-. The van der Waals surface area contributed by atoms with Crippen molar-refractivity contribution in [2.75, 3.05) is 0 Å². The van der Waals surface area contributed by atoms with Gasteiger partial charge in [-0.1, -0.05) is 32.8 Å². The Morgan fingerprint density at radius 2 is 1.92 bits per heavy atom. The number of hydrogen-bond donors (Lipinski definition) is 0. The van der Waals surface area contributed by atoms with Crippen molar-refractivity contribution in [2.24, 2.45) is 5.92 Å². The molecule has 127 valence electrons. The zero-order valence-corrected chi connectivity index (χ0v) is 19.1. The summed E-state index contributed by atoms with van der Waals surface area (Å²) in [6, 6.07) is 6.51. The minimum atomic E-state index is 0. The van der Waals surface area contributed by atoms with Gasteiger partial charge < -0.3 is 4.57 Å². The summed E-state index contributed by atoms with van der Waals surface area (Å²) in [6.07, 6.45) is 12.9. The normalized spacial score (nSPS) is 11.3. The van der Waals surface area contributed by atoms with Crippen LogP contribution in [-0.2, 0) is 55.7 Å². The topological polar surface area (TPSA) is 17.8 Å². The number of hydrogen-bond acceptors (Lipinski definition) is 1. The monoisotopic (exact) mass is 434 g/mol. The van der Waals surface area contributed by atoms with Crippen molar-refractivity contribution in [3.8, 4) is 5.69 Å². The van der Waals surface area contributed by atoms with Crippen LogP contribution >= 0.6 is 0 Å². The van der Waals surface area contributed by atoms with E-state index in [4.69, 9.17) is 0 Å². The van der Waals surface area contributed by atoms with Gasteiger partial charge in [0.15, 0.2) is 0 Å². The van der Waals surface area contributed by atoms with Crippen LogP contribution in [0.25, 0.3) is 11.8 Å². The SMILES string of the molecule is CCC(C)CC[C-]=Cc1ccc(-n2cnc(C)c2)c(C)c1.[V].[V].[V]. The third kappa shape index (κ3) is 7.87. The summed E-state index contributed by atoms with van der Waals surface area (Å²) in [7, 11) is 0. The molecule has 2 aromatic rings. The molecule has 0 amide bonds. The summed E-state index contributed by atoms with van der Waals surface area (Å²) in [5.41, 5.74) is 4.70. The standard InChI is InChI=1S/C19H25N2.3V/c1-5-15(2)8-6-7-9-18-10-11-19(16(3)12-18)21-13-17(4)20-14-21;;;/h9-15H,5-6,8H2,1-4H3;;;/q-1;;;. The molecule has 0 saturated heterocycles. The molecule has 5 heteroatoms. The first-order chi connectivity index (χ1) is 10.1. The predicted octanol–water partition coefficient (Wildman–Crippen LogP) is 5.12. The van der Waals surface area contributed by atoms with Crippen molar-refractivity contribution >= 4 is 6.08 Å². The molecule has 0 saturated carbocycles. The third-order valence-corrected chi connectivity index (χ3v) is 3.96. The van der Waals surface area contributed by atoms with Crippen molar-refractivity contribution in [3.63, 3.8) is 0 Å². The second-order valence-corrected chi connectivity index (χ2v) is 5.87. The van der Waals surface area contributed by atoms with Gasteiger partial charge in [-0.05, 0) is 25.3 Å². The molecule has 3 radical (unpaired) electrons. The molecule has 0 aliphatic rings. The zero-order valence-electron chi connectivity index (χ0n) is 14.9. The summed E-state index contributed by atoms with van der Waals surface area (Å²) in [4.78, 5) is 4.28. The smallest absolute Gasteiger partial charge is 0.0995 e. The molecule has 0 bridgehead atoms. The number of nitrogens with zero attached hydrogens (tertiary/aromatic N) is 2. The van der Waals surface area contributed by atoms with E-state index in [1.165, 1.54) is 29.7 Å². The van der Waals surface area contributed by atoms with Gasteiger partial charge in [-0.2, -0.15) is 5.56 Å². The Bertz CT molecular complexity index is 621. The van der Waals surface area contributed by atoms with Gasteiger partial charge in [0.2, 0.25) is 0 Å². The predicted molar refractivity (Wildman–Crippen MR) is 89.4 cm³/mol. The largest absolute Gasteiger partial charge is 0.306 e.